The van der Waals surface area contributed by atoms with Crippen molar-refractivity contribution in [3.63, 3.8) is 0 Å². The molecule has 0 spiro atoms. The summed E-state index contributed by atoms with van der Waals surface area (Å²) in [6, 6.07) is -0.818. The molecule has 0 amide bonds. The summed E-state index contributed by atoms with van der Waals surface area (Å²) in [4.78, 5) is 13.0. The summed E-state index contributed by atoms with van der Waals surface area (Å²) in [5.74, 6) is -0.986. The standard InChI is InChI=1S/C11H22N2O3/c14-11(15)10(12-16)6-2-5-9-13-7-3-1-4-8-13/h10,12,16H,1-9H2,(H,14,15)/t10-/m0/s1. The maximum atomic E-state index is 10.6. The molecule has 0 unspecified atom stereocenters. The number of likely N-dealkylation sites (tertiary alicyclic amines) is 1. The highest BCUT2D eigenvalue weighted by Gasteiger charge is 2.15. The molecule has 1 heterocycles. The summed E-state index contributed by atoms with van der Waals surface area (Å²) in [5.41, 5.74) is 1.83. The Morgan fingerprint density at radius 3 is 2.50 bits per heavy atom. The summed E-state index contributed by atoms with van der Waals surface area (Å²) in [6.07, 6.45) is 6.24. The van der Waals surface area contributed by atoms with Crippen molar-refractivity contribution in [2.75, 3.05) is 19.6 Å². The van der Waals surface area contributed by atoms with Gasteiger partial charge in [-0.1, -0.05) is 6.42 Å². The van der Waals surface area contributed by atoms with E-state index in [1.54, 1.807) is 0 Å². The third-order valence-electron chi connectivity index (χ3n) is 3.12. The Hall–Kier alpha value is -0.650. The monoisotopic (exact) mass is 230 g/mol. The predicted molar refractivity (Wildman–Crippen MR) is 60.5 cm³/mol. The lowest BCUT2D eigenvalue weighted by molar-refractivity contribution is -0.142. The maximum absolute atomic E-state index is 10.6. The molecule has 1 aliphatic rings. The Labute approximate surface area is 96.4 Å². The SMILES string of the molecule is O=C(O)[C@H](CCCCN1CCCCC1)NO. The van der Waals surface area contributed by atoms with Gasteiger partial charge in [0.15, 0.2) is 0 Å². The van der Waals surface area contributed by atoms with Crippen molar-refractivity contribution in [2.45, 2.75) is 44.6 Å². The first-order valence-corrected chi connectivity index (χ1v) is 6.09. The lowest BCUT2D eigenvalue weighted by Crippen LogP contribution is -2.34. The molecule has 0 aromatic carbocycles. The molecule has 1 fully saturated rings. The molecule has 0 aliphatic carbocycles. The first-order chi connectivity index (χ1) is 7.74. The smallest absolute Gasteiger partial charge is 0.323 e. The number of hydrogen-bond acceptors (Lipinski definition) is 4. The summed E-state index contributed by atoms with van der Waals surface area (Å²) in [5, 5.41) is 17.3. The van der Waals surface area contributed by atoms with Gasteiger partial charge in [-0.15, -0.1) is 0 Å². The molecule has 1 aliphatic heterocycles. The van der Waals surface area contributed by atoms with Crippen molar-refractivity contribution in [3.05, 3.63) is 0 Å². The highest BCUT2D eigenvalue weighted by atomic mass is 16.5. The van der Waals surface area contributed by atoms with Crippen LogP contribution >= 0.6 is 0 Å². The normalized spacial score (nSPS) is 19.6. The zero-order valence-corrected chi connectivity index (χ0v) is 9.69. The summed E-state index contributed by atoms with van der Waals surface area (Å²) in [7, 11) is 0. The van der Waals surface area contributed by atoms with Crippen LogP contribution in [0.25, 0.3) is 0 Å². The van der Waals surface area contributed by atoms with Crippen molar-refractivity contribution in [2.24, 2.45) is 0 Å². The number of hydrogen-bond donors (Lipinski definition) is 3. The van der Waals surface area contributed by atoms with Gasteiger partial charge in [-0.05, 0) is 51.7 Å². The van der Waals surface area contributed by atoms with Crippen LogP contribution in [0.15, 0.2) is 0 Å². The van der Waals surface area contributed by atoms with Gasteiger partial charge < -0.3 is 15.2 Å². The van der Waals surface area contributed by atoms with Crippen LogP contribution in [0.4, 0.5) is 0 Å². The van der Waals surface area contributed by atoms with Crippen LogP contribution in [0.3, 0.4) is 0 Å². The molecule has 0 aromatic rings. The van der Waals surface area contributed by atoms with Crippen LogP contribution in [0.1, 0.15) is 38.5 Å². The molecule has 5 nitrogen and oxygen atoms in total. The molecule has 94 valence electrons. The number of unbranched alkanes of at least 4 members (excludes halogenated alkanes) is 1. The average Bonchev–Trinajstić information content (AvgIpc) is 2.30. The maximum Gasteiger partial charge on any atom is 0.323 e. The van der Waals surface area contributed by atoms with Gasteiger partial charge in [0.1, 0.15) is 6.04 Å². The van der Waals surface area contributed by atoms with Crippen molar-refractivity contribution in [1.82, 2.24) is 10.4 Å². The Morgan fingerprint density at radius 2 is 1.94 bits per heavy atom. The van der Waals surface area contributed by atoms with E-state index in [4.69, 9.17) is 10.3 Å². The number of nitrogens with one attached hydrogen (secondary N) is 1. The van der Waals surface area contributed by atoms with Crippen LogP contribution in [0, 0.1) is 0 Å². The average molecular weight is 230 g/mol. The Kier molecular flexibility index (Phi) is 6.37. The number of piperidine rings is 1. The van der Waals surface area contributed by atoms with Crippen molar-refractivity contribution < 1.29 is 15.1 Å². The summed E-state index contributed by atoms with van der Waals surface area (Å²) in [6.45, 7) is 3.42. The second-order valence-electron chi connectivity index (χ2n) is 4.42. The van der Waals surface area contributed by atoms with Crippen LogP contribution < -0.4 is 5.48 Å². The van der Waals surface area contributed by atoms with Crippen LogP contribution in [0.5, 0.6) is 0 Å². The van der Waals surface area contributed by atoms with E-state index in [1.807, 2.05) is 5.48 Å². The van der Waals surface area contributed by atoms with E-state index in [0.29, 0.717) is 6.42 Å². The summed E-state index contributed by atoms with van der Waals surface area (Å²) < 4.78 is 0. The molecule has 1 saturated heterocycles. The van der Waals surface area contributed by atoms with E-state index in [-0.39, 0.29) is 0 Å². The molecule has 1 atom stereocenters. The summed E-state index contributed by atoms with van der Waals surface area (Å²) >= 11 is 0. The molecule has 0 aromatic heterocycles. The third kappa shape index (κ3) is 4.92. The topological polar surface area (TPSA) is 72.8 Å². The molecule has 1 rings (SSSR count). The third-order valence-corrected chi connectivity index (χ3v) is 3.12. The van der Waals surface area contributed by atoms with Gasteiger partial charge in [-0.25, -0.2) is 0 Å². The number of hydroxylamine groups is 1. The van der Waals surface area contributed by atoms with E-state index in [0.717, 1.165) is 19.4 Å². The van der Waals surface area contributed by atoms with E-state index in [1.165, 1.54) is 32.4 Å². The fourth-order valence-electron chi connectivity index (χ4n) is 2.11. The van der Waals surface area contributed by atoms with Crippen LogP contribution in [-0.4, -0.2) is 46.9 Å². The molecule has 0 bridgehead atoms. The van der Waals surface area contributed by atoms with Crippen molar-refractivity contribution >= 4 is 5.97 Å². The molecule has 0 radical (unpaired) electrons. The van der Waals surface area contributed by atoms with E-state index >= 15 is 0 Å². The van der Waals surface area contributed by atoms with Crippen LogP contribution in [-0.2, 0) is 4.79 Å². The fraction of sp³-hybridized carbons (Fsp3) is 0.909. The zero-order valence-electron chi connectivity index (χ0n) is 9.69. The number of aliphatic carboxylic acids is 1. The lowest BCUT2D eigenvalue weighted by atomic mass is 10.1. The number of carboxylic acids is 1. The van der Waals surface area contributed by atoms with E-state index in [9.17, 15) is 4.79 Å². The molecular weight excluding hydrogens is 208 g/mol. The van der Waals surface area contributed by atoms with Gasteiger partial charge >= 0.3 is 5.97 Å². The molecule has 0 saturated carbocycles. The highest BCUT2D eigenvalue weighted by Crippen LogP contribution is 2.10. The Balaban J connectivity index is 2.03. The largest absolute Gasteiger partial charge is 0.480 e. The van der Waals surface area contributed by atoms with Crippen molar-refractivity contribution in [3.8, 4) is 0 Å². The van der Waals surface area contributed by atoms with Gasteiger partial charge in [0.2, 0.25) is 0 Å². The van der Waals surface area contributed by atoms with Crippen LogP contribution in [0.2, 0.25) is 0 Å². The number of rotatable bonds is 7. The minimum atomic E-state index is -0.986. The predicted octanol–water partition coefficient (Wildman–Crippen LogP) is 1.07. The first-order valence-electron chi connectivity index (χ1n) is 6.09. The number of nitrogens with zero attached hydrogens (tertiary/aromatic N) is 1. The van der Waals surface area contributed by atoms with Gasteiger partial charge in [0.05, 0.1) is 0 Å². The van der Waals surface area contributed by atoms with Crippen molar-refractivity contribution in [1.29, 1.82) is 0 Å². The molecule has 5 heteroatoms. The van der Waals surface area contributed by atoms with Gasteiger partial charge in [-0.2, -0.15) is 5.48 Å². The minimum absolute atomic E-state index is 0.486. The fourth-order valence-corrected chi connectivity index (χ4v) is 2.11. The second kappa shape index (κ2) is 7.60. The second-order valence-corrected chi connectivity index (χ2v) is 4.42. The number of carboxylic acid groups (broad SMARTS) is 1. The quantitative estimate of drug-likeness (QED) is 0.451. The highest BCUT2D eigenvalue weighted by molar-refractivity contribution is 5.73. The Bertz CT molecular complexity index is 205. The van der Waals surface area contributed by atoms with Gasteiger partial charge in [0, 0.05) is 0 Å². The number of carbonyl (C=O) groups is 1. The minimum Gasteiger partial charge on any atom is -0.480 e. The first kappa shape index (κ1) is 13.4. The molecular formula is C11H22N2O3. The van der Waals surface area contributed by atoms with E-state index in [2.05, 4.69) is 4.90 Å². The Morgan fingerprint density at radius 1 is 1.25 bits per heavy atom. The van der Waals surface area contributed by atoms with E-state index < -0.39 is 12.0 Å². The van der Waals surface area contributed by atoms with Gasteiger partial charge in [-0.3, -0.25) is 4.79 Å². The molecule has 3 N–H and O–H groups in total. The van der Waals surface area contributed by atoms with Gasteiger partial charge in [0.25, 0.3) is 0 Å². The zero-order chi connectivity index (χ0) is 11.8. The molecule has 16 heavy (non-hydrogen) atoms. The lowest BCUT2D eigenvalue weighted by Gasteiger charge is -2.26.